The molecule has 0 saturated heterocycles. The normalized spacial score (nSPS) is 10.6. The molecule has 0 fully saturated rings. The van der Waals surface area contributed by atoms with Crippen LogP contribution in [-0.4, -0.2) is 57.6 Å². The number of nitrogens with two attached hydrogens (primary N) is 1. The zero-order valence-electron chi connectivity index (χ0n) is 11.7. The van der Waals surface area contributed by atoms with Gasteiger partial charge in [0.15, 0.2) is 11.5 Å². The van der Waals surface area contributed by atoms with Gasteiger partial charge in [-0.25, -0.2) is 0 Å². The minimum atomic E-state index is 0.129. The molecule has 0 spiro atoms. The van der Waals surface area contributed by atoms with E-state index >= 15 is 0 Å². The van der Waals surface area contributed by atoms with Crippen LogP contribution in [0.4, 0.5) is 5.69 Å². The highest BCUT2D eigenvalue weighted by atomic mass is 16.5. The fourth-order valence-corrected chi connectivity index (χ4v) is 1.61. The minimum absolute atomic E-state index is 0.129. The molecule has 0 amide bonds. The lowest BCUT2D eigenvalue weighted by molar-refractivity contribution is 0.190. The molecule has 0 saturated carbocycles. The predicted octanol–water partition coefficient (Wildman–Crippen LogP) is 0.589. The largest absolute Gasteiger partial charge is 0.497 e. The van der Waals surface area contributed by atoms with Gasteiger partial charge in [0.05, 0.1) is 26.5 Å². The third-order valence-electron chi connectivity index (χ3n) is 2.71. The first-order chi connectivity index (χ1) is 9.12. The van der Waals surface area contributed by atoms with Gasteiger partial charge in [0.1, 0.15) is 12.4 Å². The van der Waals surface area contributed by atoms with E-state index in [9.17, 15) is 0 Å². The van der Waals surface area contributed by atoms with Crippen LogP contribution in [0.1, 0.15) is 0 Å². The van der Waals surface area contributed by atoms with E-state index in [2.05, 4.69) is 0 Å². The molecule has 0 unspecified atom stereocenters. The first-order valence-electron chi connectivity index (χ1n) is 6.06. The fourth-order valence-electron chi connectivity index (χ4n) is 1.61. The first-order valence-corrected chi connectivity index (χ1v) is 6.06. The number of hydrogen-bond donors (Lipinski definition) is 2. The van der Waals surface area contributed by atoms with Crippen molar-refractivity contribution in [1.82, 2.24) is 4.90 Å². The van der Waals surface area contributed by atoms with Crippen LogP contribution < -0.4 is 19.9 Å². The molecule has 108 valence electrons. The Labute approximate surface area is 113 Å². The molecule has 0 aromatic heterocycles. The van der Waals surface area contributed by atoms with E-state index in [-0.39, 0.29) is 6.61 Å². The van der Waals surface area contributed by atoms with E-state index in [0.29, 0.717) is 42.6 Å². The maximum Gasteiger partial charge on any atom is 0.184 e. The van der Waals surface area contributed by atoms with Gasteiger partial charge in [0.2, 0.25) is 0 Å². The summed E-state index contributed by atoms with van der Waals surface area (Å²) in [5.74, 6) is 1.68. The van der Waals surface area contributed by atoms with Crippen molar-refractivity contribution in [3.05, 3.63) is 12.1 Å². The lowest BCUT2D eigenvalue weighted by Crippen LogP contribution is -2.27. The molecule has 6 nitrogen and oxygen atoms in total. The van der Waals surface area contributed by atoms with Crippen LogP contribution in [0.15, 0.2) is 12.1 Å². The van der Waals surface area contributed by atoms with Gasteiger partial charge in [-0.05, 0) is 7.05 Å². The predicted molar refractivity (Wildman–Crippen MR) is 74.0 cm³/mol. The van der Waals surface area contributed by atoms with Crippen molar-refractivity contribution in [3.8, 4) is 17.2 Å². The Morgan fingerprint density at radius 2 is 1.95 bits per heavy atom. The SMILES string of the molecule is COc1cc(N)c(OCCN(C)CCO)c(OC)c1. The van der Waals surface area contributed by atoms with E-state index in [4.69, 9.17) is 25.1 Å². The van der Waals surface area contributed by atoms with Crippen LogP contribution in [0.5, 0.6) is 17.2 Å². The number of benzene rings is 1. The van der Waals surface area contributed by atoms with Crippen LogP contribution in [0.25, 0.3) is 0 Å². The molecule has 6 heteroatoms. The number of aliphatic hydroxyl groups is 1. The summed E-state index contributed by atoms with van der Waals surface area (Å²) in [5.41, 5.74) is 6.38. The summed E-state index contributed by atoms with van der Waals surface area (Å²) in [6, 6.07) is 3.42. The monoisotopic (exact) mass is 270 g/mol. The van der Waals surface area contributed by atoms with Crippen LogP contribution in [0.2, 0.25) is 0 Å². The number of nitrogen functional groups attached to an aromatic ring is 1. The number of hydrogen-bond acceptors (Lipinski definition) is 6. The number of ether oxygens (including phenoxy) is 3. The average molecular weight is 270 g/mol. The van der Waals surface area contributed by atoms with Crippen LogP contribution in [0, 0.1) is 0 Å². The third kappa shape index (κ3) is 4.50. The number of rotatable bonds is 8. The number of nitrogens with zero attached hydrogens (tertiary/aromatic N) is 1. The molecule has 1 aromatic rings. The standard InChI is InChI=1S/C13H22N2O4/c1-15(4-6-16)5-7-19-13-11(14)8-10(17-2)9-12(13)18-3/h8-9,16H,4-7,14H2,1-3H3. The van der Waals surface area contributed by atoms with E-state index in [1.807, 2.05) is 11.9 Å². The van der Waals surface area contributed by atoms with Crippen molar-refractivity contribution in [2.24, 2.45) is 0 Å². The highest BCUT2D eigenvalue weighted by Gasteiger charge is 2.12. The highest BCUT2D eigenvalue weighted by Crippen LogP contribution is 2.37. The van der Waals surface area contributed by atoms with Gasteiger partial charge in [-0.2, -0.15) is 0 Å². The second-order valence-electron chi connectivity index (χ2n) is 4.12. The molecule has 1 rings (SSSR count). The lowest BCUT2D eigenvalue weighted by Gasteiger charge is -2.18. The quantitative estimate of drug-likeness (QED) is 0.673. The summed E-state index contributed by atoms with van der Waals surface area (Å²) in [6.07, 6.45) is 0. The smallest absolute Gasteiger partial charge is 0.184 e. The average Bonchev–Trinajstić information content (AvgIpc) is 2.40. The van der Waals surface area contributed by atoms with Gasteiger partial charge in [0.25, 0.3) is 0 Å². The second kappa shape index (κ2) is 7.70. The lowest BCUT2D eigenvalue weighted by atomic mass is 10.2. The third-order valence-corrected chi connectivity index (χ3v) is 2.71. The van der Waals surface area contributed by atoms with Gasteiger partial charge < -0.3 is 30.0 Å². The molecule has 0 aliphatic rings. The summed E-state index contributed by atoms with van der Waals surface area (Å²) in [5, 5.41) is 8.80. The Hall–Kier alpha value is -1.66. The van der Waals surface area contributed by atoms with Crippen LogP contribution >= 0.6 is 0 Å². The summed E-state index contributed by atoms with van der Waals surface area (Å²) < 4.78 is 16.0. The van der Waals surface area contributed by atoms with Gasteiger partial charge in [-0.1, -0.05) is 0 Å². The van der Waals surface area contributed by atoms with Gasteiger partial charge in [0, 0.05) is 25.2 Å². The number of aliphatic hydroxyl groups excluding tert-OH is 1. The fraction of sp³-hybridized carbons (Fsp3) is 0.538. The van der Waals surface area contributed by atoms with Crippen LogP contribution in [-0.2, 0) is 0 Å². The second-order valence-corrected chi connectivity index (χ2v) is 4.12. The number of methoxy groups -OCH3 is 2. The van der Waals surface area contributed by atoms with Crippen molar-refractivity contribution in [2.75, 3.05) is 53.3 Å². The zero-order valence-corrected chi connectivity index (χ0v) is 11.7. The highest BCUT2D eigenvalue weighted by molar-refractivity contribution is 5.63. The number of likely N-dealkylation sites (N-methyl/N-ethyl adjacent to an activating group) is 1. The molecule has 1 aromatic carbocycles. The summed E-state index contributed by atoms with van der Waals surface area (Å²) >= 11 is 0. The van der Waals surface area contributed by atoms with Crippen LogP contribution in [0.3, 0.4) is 0 Å². The molecular formula is C13H22N2O4. The molecule has 0 aliphatic carbocycles. The first kappa shape index (κ1) is 15.4. The minimum Gasteiger partial charge on any atom is -0.497 e. The Bertz CT molecular complexity index is 398. The van der Waals surface area contributed by atoms with Gasteiger partial charge in [-0.3, -0.25) is 0 Å². The van der Waals surface area contributed by atoms with Crippen molar-refractivity contribution < 1.29 is 19.3 Å². The summed E-state index contributed by atoms with van der Waals surface area (Å²) in [7, 11) is 5.03. The maximum absolute atomic E-state index is 8.80. The van der Waals surface area contributed by atoms with E-state index in [0.717, 1.165) is 0 Å². The molecule has 0 heterocycles. The Morgan fingerprint density at radius 3 is 2.53 bits per heavy atom. The van der Waals surface area contributed by atoms with Crippen molar-refractivity contribution in [2.45, 2.75) is 0 Å². The molecule has 0 radical (unpaired) electrons. The Morgan fingerprint density at radius 1 is 1.21 bits per heavy atom. The molecule has 3 N–H and O–H groups in total. The Balaban J connectivity index is 2.67. The van der Waals surface area contributed by atoms with Gasteiger partial charge in [-0.15, -0.1) is 0 Å². The number of anilines is 1. The zero-order chi connectivity index (χ0) is 14.3. The van der Waals surface area contributed by atoms with E-state index < -0.39 is 0 Å². The molecule has 0 aliphatic heterocycles. The topological polar surface area (TPSA) is 77.2 Å². The van der Waals surface area contributed by atoms with Crippen molar-refractivity contribution in [3.63, 3.8) is 0 Å². The molecular weight excluding hydrogens is 248 g/mol. The summed E-state index contributed by atoms with van der Waals surface area (Å²) in [6.45, 7) is 1.89. The maximum atomic E-state index is 8.80. The van der Waals surface area contributed by atoms with Crippen molar-refractivity contribution in [1.29, 1.82) is 0 Å². The van der Waals surface area contributed by atoms with E-state index in [1.54, 1.807) is 26.4 Å². The molecule has 0 bridgehead atoms. The molecule has 19 heavy (non-hydrogen) atoms. The molecule has 0 atom stereocenters. The Kier molecular flexibility index (Phi) is 6.24. The van der Waals surface area contributed by atoms with E-state index in [1.165, 1.54) is 0 Å². The van der Waals surface area contributed by atoms with Gasteiger partial charge >= 0.3 is 0 Å². The van der Waals surface area contributed by atoms with Crippen molar-refractivity contribution >= 4 is 5.69 Å². The summed E-state index contributed by atoms with van der Waals surface area (Å²) in [4.78, 5) is 1.96.